The van der Waals surface area contributed by atoms with Crippen LogP contribution in [0.15, 0.2) is 12.1 Å². The molecule has 0 radical (unpaired) electrons. The first-order valence-corrected chi connectivity index (χ1v) is 11.1. The average molecular weight is 450 g/mol. The smallest absolute Gasteiger partial charge is 0.230 e. The Morgan fingerprint density at radius 1 is 1.15 bits per heavy atom. The molecule has 2 unspecified atom stereocenters. The summed E-state index contributed by atoms with van der Waals surface area (Å²) >= 11 is 14.1. The molecule has 0 saturated carbocycles. The molecule has 0 aromatic heterocycles. The van der Waals surface area contributed by atoms with Gasteiger partial charge in [0.2, 0.25) is 5.91 Å². The highest BCUT2D eigenvalue weighted by Gasteiger charge is 2.40. The number of hydrogen-bond donors (Lipinski definition) is 0. The Kier molecular flexibility index (Phi) is 7.02. The zero-order chi connectivity index (χ0) is 18.3. The summed E-state index contributed by atoms with van der Waals surface area (Å²) in [5.74, 6) is 1.56. The Bertz CT molecular complexity index is 740. The Labute approximate surface area is 180 Å². The summed E-state index contributed by atoms with van der Waals surface area (Å²) in [4.78, 5) is 30.2. The number of amides is 1. The van der Waals surface area contributed by atoms with E-state index in [4.69, 9.17) is 23.2 Å². The van der Waals surface area contributed by atoms with E-state index in [0.717, 1.165) is 43.2 Å². The molecule has 2 fully saturated rings. The topological polar surface area (TPSA) is 40.6 Å². The van der Waals surface area contributed by atoms with Crippen LogP contribution in [0.25, 0.3) is 0 Å². The van der Waals surface area contributed by atoms with Crippen molar-refractivity contribution in [2.45, 2.75) is 31.2 Å². The zero-order valence-corrected chi connectivity index (χ0v) is 18.1. The van der Waals surface area contributed by atoms with Crippen molar-refractivity contribution in [3.8, 4) is 0 Å². The summed E-state index contributed by atoms with van der Waals surface area (Å²) in [7, 11) is 0. The molecule has 2 saturated heterocycles. The molecule has 2 atom stereocenters. The van der Waals surface area contributed by atoms with Gasteiger partial charge in [-0.3, -0.25) is 9.59 Å². The van der Waals surface area contributed by atoms with Crippen molar-refractivity contribution in [2.75, 3.05) is 37.7 Å². The summed E-state index contributed by atoms with van der Waals surface area (Å²) < 4.78 is 0. The summed E-state index contributed by atoms with van der Waals surface area (Å²) in [5, 5.41) is 0.772. The van der Waals surface area contributed by atoms with Crippen molar-refractivity contribution in [1.29, 1.82) is 0 Å². The number of rotatable bonds is 3. The van der Waals surface area contributed by atoms with Gasteiger partial charge in [0.15, 0.2) is 5.78 Å². The Morgan fingerprint density at radius 3 is 2.59 bits per heavy atom. The van der Waals surface area contributed by atoms with Gasteiger partial charge in [0.25, 0.3) is 0 Å². The highest BCUT2D eigenvalue weighted by molar-refractivity contribution is 7.99. The van der Waals surface area contributed by atoms with Crippen LogP contribution in [0.3, 0.4) is 0 Å². The Balaban J connectivity index is 0.00000210. The molecule has 27 heavy (non-hydrogen) atoms. The molecule has 0 bridgehead atoms. The van der Waals surface area contributed by atoms with Crippen LogP contribution in [0, 0.1) is 0 Å². The van der Waals surface area contributed by atoms with Crippen LogP contribution >= 0.6 is 47.4 Å². The summed E-state index contributed by atoms with van der Waals surface area (Å²) in [6.45, 7) is 3.95. The minimum atomic E-state index is -0.420. The van der Waals surface area contributed by atoms with Gasteiger partial charge < -0.3 is 9.80 Å². The van der Waals surface area contributed by atoms with Crippen molar-refractivity contribution < 1.29 is 9.59 Å². The quantitative estimate of drug-likeness (QED) is 0.696. The number of Topliss-reactive ketones (excluding diaryl/α,β-unsaturated/α-hetero) is 1. The standard InChI is InChI=1S/C19H22Cl2N2O2S.ClH/c20-16-7-13-14(8-17(16)21)18(24)9-15(13)19(25)23-5-6-26-11-12(23)10-22-3-1-2-4-22;/h7-8,12,15H,1-6,9-11H2;1H. The number of nitrogens with zero attached hydrogens (tertiary/aromatic N) is 2. The van der Waals surface area contributed by atoms with Crippen LogP contribution in [0.1, 0.15) is 41.1 Å². The molecule has 0 spiro atoms. The number of thioether (sulfide) groups is 1. The fourth-order valence-electron chi connectivity index (χ4n) is 4.28. The molecule has 2 heterocycles. The van der Waals surface area contributed by atoms with E-state index < -0.39 is 5.92 Å². The number of benzene rings is 1. The first-order valence-electron chi connectivity index (χ1n) is 9.17. The van der Waals surface area contributed by atoms with E-state index in [9.17, 15) is 9.59 Å². The van der Waals surface area contributed by atoms with E-state index in [1.807, 2.05) is 16.7 Å². The molecule has 1 aliphatic carbocycles. The predicted octanol–water partition coefficient (Wildman–Crippen LogP) is 4.13. The van der Waals surface area contributed by atoms with Crippen LogP contribution in [0.5, 0.6) is 0 Å². The normalized spacial score (nSPS) is 25.4. The molecular weight excluding hydrogens is 427 g/mol. The average Bonchev–Trinajstić information content (AvgIpc) is 3.24. The molecule has 1 aromatic rings. The van der Waals surface area contributed by atoms with E-state index in [1.54, 1.807) is 12.1 Å². The summed E-state index contributed by atoms with van der Waals surface area (Å²) in [5.41, 5.74) is 1.30. The van der Waals surface area contributed by atoms with Crippen LogP contribution in [0.2, 0.25) is 10.0 Å². The molecule has 2 aliphatic heterocycles. The lowest BCUT2D eigenvalue weighted by Gasteiger charge is -2.39. The second kappa shape index (κ2) is 8.91. The van der Waals surface area contributed by atoms with Crippen LogP contribution in [-0.2, 0) is 4.79 Å². The van der Waals surface area contributed by atoms with Crippen molar-refractivity contribution in [1.82, 2.24) is 9.80 Å². The fourth-order valence-corrected chi connectivity index (χ4v) is 5.66. The van der Waals surface area contributed by atoms with E-state index in [0.29, 0.717) is 15.6 Å². The van der Waals surface area contributed by atoms with E-state index in [-0.39, 0.29) is 36.6 Å². The predicted molar refractivity (Wildman–Crippen MR) is 114 cm³/mol. The van der Waals surface area contributed by atoms with Gasteiger partial charge in [-0.2, -0.15) is 11.8 Å². The zero-order valence-electron chi connectivity index (χ0n) is 15.0. The van der Waals surface area contributed by atoms with Crippen LogP contribution in [0.4, 0.5) is 0 Å². The van der Waals surface area contributed by atoms with Gasteiger partial charge in [-0.1, -0.05) is 23.2 Å². The van der Waals surface area contributed by atoms with Gasteiger partial charge in [-0.05, 0) is 43.6 Å². The molecule has 1 aromatic carbocycles. The van der Waals surface area contributed by atoms with E-state index in [2.05, 4.69) is 4.90 Å². The van der Waals surface area contributed by atoms with Gasteiger partial charge in [0.1, 0.15) is 0 Å². The number of fused-ring (bicyclic) bond motifs is 1. The van der Waals surface area contributed by atoms with E-state index >= 15 is 0 Å². The molecular formula is C19H23Cl3N2O2S. The number of ketones is 1. The first-order chi connectivity index (χ1) is 12.5. The van der Waals surface area contributed by atoms with Gasteiger partial charge >= 0.3 is 0 Å². The van der Waals surface area contributed by atoms with E-state index in [1.165, 1.54) is 12.8 Å². The maximum atomic E-state index is 13.4. The molecule has 1 amide bonds. The highest BCUT2D eigenvalue weighted by Crippen LogP contribution is 2.39. The third-order valence-corrected chi connectivity index (χ3v) is 7.45. The molecule has 3 aliphatic rings. The Hall–Kier alpha value is -0.460. The molecule has 4 nitrogen and oxygen atoms in total. The second-order valence-electron chi connectivity index (χ2n) is 7.30. The molecule has 148 valence electrons. The molecule has 0 N–H and O–H groups in total. The number of carbonyl (C=O) groups is 2. The maximum absolute atomic E-state index is 13.4. The summed E-state index contributed by atoms with van der Waals surface area (Å²) in [6, 6.07) is 3.55. The largest absolute Gasteiger partial charge is 0.336 e. The maximum Gasteiger partial charge on any atom is 0.230 e. The molecule has 8 heteroatoms. The lowest BCUT2D eigenvalue weighted by atomic mass is 9.99. The van der Waals surface area contributed by atoms with Crippen LogP contribution < -0.4 is 0 Å². The van der Waals surface area contributed by atoms with Gasteiger partial charge in [0.05, 0.1) is 22.0 Å². The summed E-state index contributed by atoms with van der Waals surface area (Å²) in [6.07, 6.45) is 2.72. The van der Waals surface area contributed by atoms with Gasteiger partial charge in [0, 0.05) is 36.6 Å². The number of hydrogen-bond acceptors (Lipinski definition) is 4. The molecule has 4 rings (SSSR count). The van der Waals surface area contributed by atoms with Gasteiger partial charge in [-0.15, -0.1) is 12.4 Å². The number of carbonyl (C=O) groups excluding carboxylic acids is 2. The fraction of sp³-hybridized carbons (Fsp3) is 0.579. The SMILES string of the molecule is Cl.O=C1CC(C(=O)N2CCSCC2CN2CCCC2)c2cc(Cl)c(Cl)cc21. The van der Waals surface area contributed by atoms with Crippen molar-refractivity contribution in [3.05, 3.63) is 33.3 Å². The number of halogens is 3. The van der Waals surface area contributed by atoms with Gasteiger partial charge in [-0.25, -0.2) is 0 Å². The van der Waals surface area contributed by atoms with Crippen LogP contribution in [-0.4, -0.2) is 65.2 Å². The monoisotopic (exact) mass is 448 g/mol. The van der Waals surface area contributed by atoms with Crippen molar-refractivity contribution in [3.63, 3.8) is 0 Å². The number of likely N-dealkylation sites (tertiary alicyclic amines) is 1. The second-order valence-corrected chi connectivity index (χ2v) is 9.27. The third-order valence-electron chi connectivity index (χ3n) is 5.63. The van der Waals surface area contributed by atoms with Crippen molar-refractivity contribution in [2.24, 2.45) is 0 Å². The van der Waals surface area contributed by atoms with Crippen molar-refractivity contribution >= 4 is 59.1 Å². The first kappa shape index (κ1) is 21.3. The Morgan fingerprint density at radius 2 is 1.85 bits per heavy atom. The highest BCUT2D eigenvalue weighted by atomic mass is 35.5. The lowest BCUT2D eigenvalue weighted by Crippen LogP contribution is -2.52. The minimum absolute atomic E-state index is 0. The minimum Gasteiger partial charge on any atom is -0.336 e. The lowest BCUT2D eigenvalue weighted by molar-refractivity contribution is -0.134. The third kappa shape index (κ3) is 4.27.